The Balaban J connectivity index is 2.11. The molecular formula is C18H17NO3. The molecule has 22 heavy (non-hydrogen) atoms. The topological polar surface area (TPSA) is 46.6 Å². The summed E-state index contributed by atoms with van der Waals surface area (Å²) in [6.45, 7) is 1.53. The SMILES string of the molecule is COc1cccc(C2CC(=O)c3ccccc3N2C(C)=O)c1. The van der Waals surface area contributed by atoms with E-state index < -0.39 is 0 Å². The summed E-state index contributed by atoms with van der Waals surface area (Å²) in [6.07, 6.45) is 0.282. The third-order valence-corrected chi connectivity index (χ3v) is 3.97. The average Bonchev–Trinajstić information content (AvgIpc) is 2.54. The molecule has 1 atom stereocenters. The third kappa shape index (κ3) is 2.37. The van der Waals surface area contributed by atoms with Gasteiger partial charge in [0.2, 0.25) is 5.91 Å². The van der Waals surface area contributed by atoms with Crippen LogP contribution in [0.15, 0.2) is 48.5 Å². The largest absolute Gasteiger partial charge is 0.497 e. The molecule has 1 heterocycles. The maximum atomic E-state index is 12.4. The Morgan fingerprint density at radius 2 is 1.95 bits per heavy atom. The van der Waals surface area contributed by atoms with Crippen LogP contribution in [0, 0.1) is 0 Å². The minimum absolute atomic E-state index is 0.0564. The van der Waals surface area contributed by atoms with Crippen LogP contribution in [0.3, 0.4) is 0 Å². The number of anilines is 1. The highest BCUT2D eigenvalue weighted by atomic mass is 16.5. The predicted molar refractivity (Wildman–Crippen MR) is 84.3 cm³/mol. The molecule has 1 amide bonds. The standard InChI is InChI=1S/C18H17NO3/c1-12(20)19-16-9-4-3-8-15(16)18(21)11-17(19)13-6-5-7-14(10-13)22-2/h3-10,17H,11H2,1-2H3. The monoisotopic (exact) mass is 295 g/mol. The fourth-order valence-electron chi connectivity index (χ4n) is 2.97. The molecule has 0 aromatic heterocycles. The Bertz CT molecular complexity index is 739. The van der Waals surface area contributed by atoms with Crippen molar-refractivity contribution >= 4 is 17.4 Å². The van der Waals surface area contributed by atoms with Crippen LogP contribution in [0.1, 0.15) is 35.3 Å². The molecular weight excluding hydrogens is 278 g/mol. The van der Waals surface area contributed by atoms with E-state index in [1.807, 2.05) is 42.5 Å². The number of amides is 1. The van der Waals surface area contributed by atoms with Gasteiger partial charge >= 0.3 is 0 Å². The highest BCUT2D eigenvalue weighted by molar-refractivity contribution is 6.09. The van der Waals surface area contributed by atoms with Gasteiger partial charge < -0.3 is 9.64 Å². The molecule has 3 rings (SSSR count). The molecule has 0 saturated carbocycles. The van der Waals surface area contributed by atoms with Crippen molar-refractivity contribution in [1.29, 1.82) is 0 Å². The number of para-hydroxylation sites is 1. The molecule has 112 valence electrons. The molecule has 0 radical (unpaired) electrons. The van der Waals surface area contributed by atoms with Gasteiger partial charge in [0.05, 0.1) is 18.8 Å². The minimum atomic E-state index is -0.296. The van der Waals surface area contributed by atoms with Gasteiger partial charge in [-0.2, -0.15) is 0 Å². The second kappa shape index (κ2) is 5.64. The number of nitrogens with zero attached hydrogens (tertiary/aromatic N) is 1. The predicted octanol–water partition coefficient (Wildman–Crippen LogP) is 3.38. The molecule has 0 N–H and O–H groups in total. The first-order valence-electron chi connectivity index (χ1n) is 7.18. The van der Waals surface area contributed by atoms with Crippen molar-refractivity contribution in [3.63, 3.8) is 0 Å². The van der Waals surface area contributed by atoms with Gasteiger partial charge in [-0.1, -0.05) is 24.3 Å². The van der Waals surface area contributed by atoms with E-state index in [1.54, 1.807) is 18.1 Å². The third-order valence-electron chi connectivity index (χ3n) is 3.97. The molecule has 4 nitrogen and oxygen atoms in total. The zero-order valence-electron chi connectivity index (χ0n) is 12.6. The quantitative estimate of drug-likeness (QED) is 0.853. The first-order chi connectivity index (χ1) is 10.6. The second-order valence-corrected chi connectivity index (χ2v) is 5.33. The van der Waals surface area contributed by atoms with Crippen molar-refractivity contribution in [1.82, 2.24) is 0 Å². The molecule has 0 aliphatic carbocycles. The van der Waals surface area contributed by atoms with Crippen LogP contribution in [-0.4, -0.2) is 18.8 Å². The van der Waals surface area contributed by atoms with Crippen LogP contribution in [0.5, 0.6) is 5.75 Å². The summed E-state index contributed by atoms with van der Waals surface area (Å²) in [4.78, 5) is 26.3. The van der Waals surface area contributed by atoms with Crippen molar-refractivity contribution in [3.05, 3.63) is 59.7 Å². The summed E-state index contributed by atoms with van der Waals surface area (Å²) < 4.78 is 5.25. The molecule has 2 aromatic rings. The molecule has 2 aromatic carbocycles. The highest BCUT2D eigenvalue weighted by Crippen LogP contribution is 2.39. The number of carbonyl (C=O) groups excluding carboxylic acids is 2. The van der Waals surface area contributed by atoms with Gasteiger partial charge in [-0.3, -0.25) is 9.59 Å². The van der Waals surface area contributed by atoms with Crippen molar-refractivity contribution < 1.29 is 14.3 Å². The zero-order chi connectivity index (χ0) is 15.7. The van der Waals surface area contributed by atoms with Crippen LogP contribution >= 0.6 is 0 Å². The summed E-state index contributed by atoms with van der Waals surface area (Å²) in [5.74, 6) is 0.695. The smallest absolute Gasteiger partial charge is 0.224 e. The molecule has 0 spiro atoms. The summed E-state index contributed by atoms with van der Waals surface area (Å²) in [5, 5.41) is 0. The Kier molecular flexibility index (Phi) is 3.67. The number of Topliss-reactive ketones (excluding diaryl/α,β-unsaturated/α-hetero) is 1. The Labute approximate surface area is 129 Å². The van der Waals surface area contributed by atoms with Crippen LogP contribution in [0.4, 0.5) is 5.69 Å². The normalized spacial score (nSPS) is 17.1. The molecule has 0 saturated heterocycles. The van der Waals surface area contributed by atoms with Crippen molar-refractivity contribution in [3.8, 4) is 5.75 Å². The molecule has 1 aliphatic heterocycles. The molecule has 1 unspecified atom stereocenters. The average molecular weight is 295 g/mol. The van der Waals surface area contributed by atoms with E-state index in [2.05, 4.69) is 0 Å². The number of ether oxygens (including phenoxy) is 1. The van der Waals surface area contributed by atoms with Gasteiger partial charge in [-0.15, -0.1) is 0 Å². The summed E-state index contributed by atoms with van der Waals surface area (Å²) >= 11 is 0. The van der Waals surface area contributed by atoms with Crippen LogP contribution in [-0.2, 0) is 4.79 Å². The van der Waals surface area contributed by atoms with Crippen molar-refractivity contribution in [2.45, 2.75) is 19.4 Å². The number of hydrogen-bond donors (Lipinski definition) is 0. The second-order valence-electron chi connectivity index (χ2n) is 5.33. The highest BCUT2D eigenvalue weighted by Gasteiger charge is 2.34. The lowest BCUT2D eigenvalue weighted by atomic mass is 9.90. The lowest BCUT2D eigenvalue weighted by molar-refractivity contribution is -0.117. The van der Waals surface area contributed by atoms with E-state index in [0.29, 0.717) is 17.0 Å². The summed E-state index contributed by atoms with van der Waals surface area (Å²) in [6, 6.07) is 14.5. The summed E-state index contributed by atoms with van der Waals surface area (Å²) in [5.41, 5.74) is 2.19. The van der Waals surface area contributed by atoms with Crippen LogP contribution in [0.25, 0.3) is 0 Å². The maximum Gasteiger partial charge on any atom is 0.224 e. The molecule has 1 aliphatic rings. The van der Waals surface area contributed by atoms with Crippen LogP contribution in [0.2, 0.25) is 0 Å². The van der Waals surface area contributed by atoms with Crippen molar-refractivity contribution in [2.24, 2.45) is 0 Å². The number of hydrogen-bond acceptors (Lipinski definition) is 3. The number of fused-ring (bicyclic) bond motifs is 1. The van der Waals surface area contributed by atoms with Gasteiger partial charge in [0.25, 0.3) is 0 Å². The van der Waals surface area contributed by atoms with Gasteiger partial charge in [-0.25, -0.2) is 0 Å². The van der Waals surface area contributed by atoms with E-state index in [4.69, 9.17) is 4.74 Å². The molecule has 4 heteroatoms. The van der Waals surface area contributed by atoms with E-state index in [1.165, 1.54) is 6.92 Å². The minimum Gasteiger partial charge on any atom is -0.497 e. The van der Waals surface area contributed by atoms with E-state index in [9.17, 15) is 9.59 Å². The summed E-state index contributed by atoms with van der Waals surface area (Å²) in [7, 11) is 1.60. The first-order valence-corrected chi connectivity index (χ1v) is 7.18. The van der Waals surface area contributed by atoms with Gasteiger partial charge in [0, 0.05) is 18.9 Å². The lowest BCUT2D eigenvalue weighted by Gasteiger charge is -2.36. The Morgan fingerprint density at radius 1 is 1.18 bits per heavy atom. The number of rotatable bonds is 2. The number of carbonyl (C=O) groups is 2. The van der Waals surface area contributed by atoms with Gasteiger partial charge in [0.1, 0.15) is 5.75 Å². The zero-order valence-corrected chi connectivity index (χ0v) is 12.6. The number of benzene rings is 2. The first kappa shape index (κ1) is 14.3. The van der Waals surface area contributed by atoms with Crippen molar-refractivity contribution in [2.75, 3.05) is 12.0 Å². The van der Waals surface area contributed by atoms with E-state index in [-0.39, 0.29) is 24.2 Å². The van der Waals surface area contributed by atoms with E-state index >= 15 is 0 Å². The Morgan fingerprint density at radius 3 is 2.68 bits per heavy atom. The van der Waals surface area contributed by atoms with Gasteiger partial charge in [-0.05, 0) is 29.8 Å². The fraction of sp³-hybridized carbons (Fsp3) is 0.222. The molecule has 0 bridgehead atoms. The molecule has 0 fully saturated rings. The fourth-order valence-corrected chi connectivity index (χ4v) is 2.97. The Hall–Kier alpha value is -2.62. The van der Waals surface area contributed by atoms with Crippen LogP contribution < -0.4 is 9.64 Å². The lowest BCUT2D eigenvalue weighted by Crippen LogP contribution is -2.38. The maximum absolute atomic E-state index is 12.4. The number of methoxy groups -OCH3 is 1. The van der Waals surface area contributed by atoms with E-state index in [0.717, 1.165) is 5.56 Å². The van der Waals surface area contributed by atoms with Gasteiger partial charge in [0.15, 0.2) is 5.78 Å². The number of ketones is 1.